The van der Waals surface area contributed by atoms with Crippen molar-refractivity contribution in [2.75, 3.05) is 25.0 Å². The van der Waals surface area contributed by atoms with Gasteiger partial charge >= 0.3 is 0 Å². The van der Waals surface area contributed by atoms with Gasteiger partial charge in [-0.25, -0.2) is 4.39 Å². The largest absolute Gasteiger partial charge is 0.355 e. The molecule has 0 radical (unpaired) electrons. The number of benzene rings is 1. The van der Waals surface area contributed by atoms with Gasteiger partial charge in [-0.05, 0) is 79.4 Å². The lowest BCUT2D eigenvalue weighted by Crippen LogP contribution is -2.47. The van der Waals surface area contributed by atoms with Gasteiger partial charge in [0.25, 0.3) is 0 Å². The summed E-state index contributed by atoms with van der Waals surface area (Å²) >= 11 is 0. The maximum Gasteiger partial charge on any atom is 0.123 e. The number of pyridine rings is 1. The van der Waals surface area contributed by atoms with E-state index in [-0.39, 0.29) is 11.2 Å². The fraction of sp³-hybridized carbons (Fsp3) is 0.308. The zero-order valence-corrected chi connectivity index (χ0v) is 18.0. The second-order valence-corrected chi connectivity index (χ2v) is 8.36. The van der Waals surface area contributed by atoms with Crippen LogP contribution in [0.15, 0.2) is 78.2 Å². The first-order valence-corrected chi connectivity index (χ1v) is 10.9. The molecule has 0 bridgehead atoms. The first kappa shape index (κ1) is 21.2. The van der Waals surface area contributed by atoms with Crippen LogP contribution < -0.4 is 5.32 Å². The van der Waals surface area contributed by atoms with Gasteiger partial charge in [0.15, 0.2) is 0 Å². The normalized spacial score (nSPS) is 21.3. The number of likely N-dealkylation sites (tertiary alicyclic amines) is 1. The summed E-state index contributed by atoms with van der Waals surface area (Å²) in [5.74, 6) is -0.261. The third-order valence-corrected chi connectivity index (χ3v) is 6.35. The fourth-order valence-electron chi connectivity index (χ4n) is 4.77. The number of allylic oxidation sites excluding steroid dienone is 2. The molecule has 1 unspecified atom stereocenters. The van der Waals surface area contributed by atoms with E-state index in [0.717, 1.165) is 60.7 Å². The highest BCUT2D eigenvalue weighted by Crippen LogP contribution is 2.51. The van der Waals surface area contributed by atoms with E-state index in [4.69, 9.17) is 5.41 Å². The zero-order valence-electron chi connectivity index (χ0n) is 18.0. The van der Waals surface area contributed by atoms with Crippen molar-refractivity contribution >= 4 is 17.5 Å². The lowest BCUT2D eigenvalue weighted by molar-refractivity contribution is 0.177. The third-order valence-electron chi connectivity index (χ3n) is 6.35. The summed E-state index contributed by atoms with van der Waals surface area (Å²) < 4.78 is 13.3. The second kappa shape index (κ2) is 8.98. The third kappa shape index (κ3) is 4.23. The van der Waals surface area contributed by atoms with Crippen LogP contribution in [-0.4, -0.2) is 35.7 Å². The molecule has 1 atom stereocenters. The topological polar surface area (TPSA) is 52.0 Å². The number of nitrogens with zero attached hydrogens (tertiary/aromatic N) is 2. The van der Waals surface area contributed by atoms with E-state index >= 15 is 0 Å². The average molecular weight is 417 g/mol. The molecule has 1 aromatic carbocycles. The second-order valence-electron chi connectivity index (χ2n) is 8.36. The number of halogens is 1. The van der Waals surface area contributed by atoms with Gasteiger partial charge in [0.1, 0.15) is 5.82 Å². The van der Waals surface area contributed by atoms with Gasteiger partial charge in [0, 0.05) is 42.3 Å². The number of hydrogen-bond acceptors (Lipinski definition) is 4. The molecule has 2 aromatic rings. The Morgan fingerprint density at radius 1 is 1.29 bits per heavy atom. The number of aromatic nitrogens is 1. The standard InChI is InChI=1S/C26H29FN4/c1-3-13-31-14-11-21-15-25(30-23-9-7-22(27)8-10-23)20(17-28)16-26(21,18-31)19(2)24-6-4-5-12-29-24/h4-10,12,15,17,28,30H,2-3,11,13-14,16,18H2,1H3. The number of hydrogen-bond donors (Lipinski definition) is 2. The Morgan fingerprint density at radius 3 is 2.77 bits per heavy atom. The molecule has 4 rings (SSSR count). The molecule has 31 heavy (non-hydrogen) atoms. The molecule has 160 valence electrons. The van der Waals surface area contributed by atoms with Crippen molar-refractivity contribution < 1.29 is 4.39 Å². The lowest BCUT2D eigenvalue weighted by Gasteiger charge is -2.48. The highest BCUT2D eigenvalue weighted by molar-refractivity contribution is 5.84. The van der Waals surface area contributed by atoms with Crippen molar-refractivity contribution in [3.8, 4) is 0 Å². The van der Waals surface area contributed by atoms with Gasteiger partial charge in [-0.2, -0.15) is 0 Å². The van der Waals surface area contributed by atoms with Crippen LogP contribution in [0, 0.1) is 16.6 Å². The van der Waals surface area contributed by atoms with Crippen molar-refractivity contribution in [2.24, 2.45) is 5.41 Å². The van der Waals surface area contributed by atoms with E-state index in [0.29, 0.717) is 6.42 Å². The summed E-state index contributed by atoms with van der Waals surface area (Å²) in [5, 5.41) is 11.5. The Bertz CT molecular complexity index is 1020. The molecule has 2 heterocycles. The van der Waals surface area contributed by atoms with E-state index in [9.17, 15) is 4.39 Å². The van der Waals surface area contributed by atoms with Gasteiger partial charge in [0.2, 0.25) is 0 Å². The average Bonchev–Trinajstić information content (AvgIpc) is 2.80. The van der Waals surface area contributed by atoms with E-state index in [2.05, 4.69) is 34.8 Å². The molecule has 5 heteroatoms. The fourth-order valence-corrected chi connectivity index (χ4v) is 4.77. The minimum Gasteiger partial charge on any atom is -0.355 e. The van der Waals surface area contributed by atoms with Crippen LogP contribution in [0.25, 0.3) is 5.57 Å². The van der Waals surface area contributed by atoms with Crippen molar-refractivity contribution in [2.45, 2.75) is 26.2 Å². The number of fused-ring (bicyclic) bond motifs is 1. The minimum absolute atomic E-state index is 0.261. The van der Waals surface area contributed by atoms with E-state index in [1.165, 1.54) is 23.9 Å². The SMILES string of the molecule is C=C(c1ccccn1)C12CC(C=N)=C(Nc3ccc(F)cc3)C=C1CCN(CCC)C2. The number of piperidine rings is 1. The summed E-state index contributed by atoms with van der Waals surface area (Å²) in [4.78, 5) is 7.09. The first-order valence-electron chi connectivity index (χ1n) is 10.9. The van der Waals surface area contributed by atoms with Crippen molar-refractivity contribution in [3.63, 3.8) is 0 Å². The Kier molecular flexibility index (Phi) is 6.14. The van der Waals surface area contributed by atoms with Gasteiger partial charge < -0.3 is 15.6 Å². The molecule has 0 spiro atoms. The molecule has 4 nitrogen and oxygen atoms in total. The summed E-state index contributed by atoms with van der Waals surface area (Å²) in [7, 11) is 0. The van der Waals surface area contributed by atoms with Crippen LogP contribution >= 0.6 is 0 Å². The van der Waals surface area contributed by atoms with E-state index < -0.39 is 0 Å². The van der Waals surface area contributed by atoms with E-state index in [1.807, 2.05) is 24.4 Å². The molecule has 0 amide bonds. The summed E-state index contributed by atoms with van der Waals surface area (Å²) in [6.07, 6.45) is 8.18. The monoisotopic (exact) mass is 416 g/mol. The van der Waals surface area contributed by atoms with Crippen LogP contribution in [0.1, 0.15) is 31.9 Å². The summed E-state index contributed by atoms with van der Waals surface area (Å²) in [5.41, 5.74) is 5.61. The maximum absolute atomic E-state index is 13.3. The molecular formula is C26H29FN4. The van der Waals surface area contributed by atoms with Crippen LogP contribution in [0.5, 0.6) is 0 Å². The Morgan fingerprint density at radius 2 is 2.10 bits per heavy atom. The van der Waals surface area contributed by atoms with E-state index in [1.54, 1.807) is 12.1 Å². The molecule has 1 aliphatic carbocycles. The number of nitrogens with one attached hydrogen (secondary N) is 2. The molecule has 0 saturated carbocycles. The maximum atomic E-state index is 13.3. The molecule has 1 aromatic heterocycles. The van der Waals surface area contributed by atoms with Gasteiger partial charge in [-0.15, -0.1) is 0 Å². The Labute approximate surface area is 183 Å². The molecular weight excluding hydrogens is 387 g/mol. The van der Waals surface area contributed by atoms with Crippen LogP contribution in [0.3, 0.4) is 0 Å². The van der Waals surface area contributed by atoms with Gasteiger partial charge in [0.05, 0.1) is 5.69 Å². The summed E-state index contributed by atoms with van der Waals surface area (Å²) in [6, 6.07) is 12.3. The van der Waals surface area contributed by atoms with Crippen LogP contribution in [0.2, 0.25) is 0 Å². The number of anilines is 1. The predicted molar refractivity (Wildman–Crippen MR) is 126 cm³/mol. The molecule has 2 aliphatic rings. The Balaban J connectivity index is 1.73. The van der Waals surface area contributed by atoms with Crippen molar-refractivity contribution in [3.05, 3.63) is 89.7 Å². The highest BCUT2D eigenvalue weighted by atomic mass is 19.1. The van der Waals surface area contributed by atoms with Gasteiger partial charge in [-0.3, -0.25) is 4.98 Å². The molecule has 1 saturated heterocycles. The Hall–Kier alpha value is -3.05. The van der Waals surface area contributed by atoms with Crippen molar-refractivity contribution in [1.82, 2.24) is 9.88 Å². The molecule has 2 N–H and O–H groups in total. The molecule has 1 aliphatic heterocycles. The zero-order chi connectivity index (χ0) is 21.8. The lowest BCUT2D eigenvalue weighted by atomic mass is 9.63. The first-order chi connectivity index (χ1) is 15.1. The predicted octanol–water partition coefficient (Wildman–Crippen LogP) is 5.68. The smallest absolute Gasteiger partial charge is 0.123 e. The van der Waals surface area contributed by atoms with Crippen molar-refractivity contribution in [1.29, 1.82) is 5.41 Å². The van der Waals surface area contributed by atoms with Gasteiger partial charge in [-0.1, -0.05) is 25.1 Å². The summed E-state index contributed by atoms with van der Waals surface area (Å²) in [6.45, 7) is 9.67. The number of rotatable bonds is 7. The minimum atomic E-state index is -0.275. The van der Waals surface area contributed by atoms with Crippen LogP contribution in [-0.2, 0) is 0 Å². The molecule has 1 fully saturated rings. The quantitative estimate of drug-likeness (QED) is 0.571. The van der Waals surface area contributed by atoms with Crippen LogP contribution in [0.4, 0.5) is 10.1 Å². The highest BCUT2D eigenvalue weighted by Gasteiger charge is 2.45.